The van der Waals surface area contributed by atoms with Gasteiger partial charge in [0.1, 0.15) is 0 Å². The molecule has 0 radical (unpaired) electrons. The van der Waals surface area contributed by atoms with Gasteiger partial charge in [0.2, 0.25) is 5.82 Å². The molecule has 0 spiro atoms. The van der Waals surface area contributed by atoms with Crippen LogP contribution in [0.5, 0.6) is 0 Å². The molecule has 7 heteroatoms. The van der Waals surface area contributed by atoms with E-state index in [4.69, 9.17) is 0 Å². The second-order valence-corrected chi connectivity index (χ2v) is 4.44. The molecule has 0 aliphatic rings. The predicted molar refractivity (Wildman–Crippen MR) is 75.8 cm³/mol. The molecule has 0 atom stereocenters. The SMILES string of the molecule is CCCCN(CCCC)/N=N/c1nc[nH]c1C(=O)OC. The molecule has 0 saturated carbocycles. The standard InChI is InChI=1S/C13H23N5O2/c1-4-6-8-18(9-7-5-2)17-16-12-11(13(19)20-3)14-10-15-12/h10H,4-9H2,1-3H3,(H,14,15)/b17-16+. The molecule has 1 rings (SSSR count). The van der Waals surface area contributed by atoms with Gasteiger partial charge in [-0.3, -0.25) is 5.01 Å². The molecule has 0 saturated heterocycles. The van der Waals surface area contributed by atoms with Crippen LogP contribution in [-0.4, -0.2) is 41.1 Å². The largest absolute Gasteiger partial charge is 0.464 e. The van der Waals surface area contributed by atoms with Crippen molar-refractivity contribution in [2.75, 3.05) is 20.2 Å². The van der Waals surface area contributed by atoms with E-state index in [1.54, 1.807) is 0 Å². The van der Waals surface area contributed by atoms with Crippen LogP contribution in [0.4, 0.5) is 5.82 Å². The molecule has 0 fully saturated rings. The molecule has 0 unspecified atom stereocenters. The quantitative estimate of drug-likeness (QED) is 0.428. The number of nitrogens with zero attached hydrogens (tertiary/aromatic N) is 4. The van der Waals surface area contributed by atoms with Gasteiger partial charge in [-0.15, -0.1) is 5.11 Å². The highest BCUT2D eigenvalue weighted by Gasteiger charge is 2.14. The van der Waals surface area contributed by atoms with Crippen LogP contribution in [0.25, 0.3) is 0 Å². The Hall–Kier alpha value is -1.92. The number of hydrogen-bond donors (Lipinski definition) is 1. The molecule has 0 aliphatic heterocycles. The number of esters is 1. The molecular formula is C13H23N5O2. The Morgan fingerprint density at radius 2 is 2.00 bits per heavy atom. The molecule has 1 heterocycles. The van der Waals surface area contributed by atoms with Gasteiger partial charge in [0.15, 0.2) is 5.69 Å². The molecule has 0 bridgehead atoms. The molecule has 1 aromatic rings. The van der Waals surface area contributed by atoms with E-state index in [2.05, 4.69) is 38.9 Å². The van der Waals surface area contributed by atoms with Crippen LogP contribution in [0.2, 0.25) is 0 Å². The smallest absolute Gasteiger partial charge is 0.358 e. The van der Waals surface area contributed by atoms with Gasteiger partial charge < -0.3 is 9.72 Å². The lowest BCUT2D eigenvalue weighted by atomic mass is 10.3. The maximum Gasteiger partial charge on any atom is 0.358 e. The highest BCUT2D eigenvalue weighted by atomic mass is 16.5. The first kappa shape index (κ1) is 16.1. The van der Waals surface area contributed by atoms with Crippen molar-refractivity contribution in [3.8, 4) is 0 Å². The lowest BCUT2D eigenvalue weighted by Crippen LogP contribution is -2.19. The minimum absolute atomic E-state index is 0.224. The maximum absolute atomic E-state index is 11.5. The summed E-state index contributed by atoms with van der Waals surface area (Å²) in [5.41, 5.74) is 0.224. The zero-order valence-corrected chi connectivity index (χ0v) is 12.4. The van der Waals surface area contributed by atoms with Crippen LogP contribution in [0.3, 0.4) is 0 Å². The van der Waals surface area contributed by atoms with Gasteiger partial charge in [0.25, 0.3) is 0 Å². The van der Waals surface area contributed by atoms with Crippen molar-refractivity contribution in [3.05, 3.63) is 12.0 Å². The fourth-order valence-corrected chi connectivity index (χ4v) is 1.60. The summed E-state index contributed by atoms with van der Waals surface area (Å²) < 4.78 is 4.65. The Morgan fingerprint density at radius 3 is 2.55 bits per heavy atom. The van der Waals surface area contributed by atoms with E-state index in [9.17, 15) is 4.79 Å². The Morgan fingerprint density at radius 1 is 1.35 bits per heavy atom. The predicted octanol–water partition coefficient (Wildman–Crippen LogP) is 3.10. The molecule has 1 aromatic heterocycles. The topological polar surface area (TPSA) is 82.9 Å². The Labute approximate surface area is 119 Å². The second-order valence-electron chi connectivity index (χ2n) is 4.44. The van der Waals surface area contributed by atoms with Crippen LogP contribution in [0.1, 0.15) is 50.0 Å². The van der Waals surface area contributed by atoms with E-state index < -0.39 is 5.97 Å². The average Bonchev–Trinajstić information content (AvgIpc) is 2.94. The Kier molecular flexibility index (Phi) is 7.31. The molecule has 112 valence electrons. The van der Waals surface area contributed by atoms with E-state index >= 15 is 0 Å². The van der Waals surface area contributed by atoms with Crippen molar-refractivity contribution < 1.29 is 9.53 Å². The number of rotatable bonds is 9. The Balaban J connectivity index is 2.70. The number of imidazole rings is 1. The van der Waals surface area contributed by atoms with E-state index in [0.717, 1.165) is 38.8 Å². The monoisotopic (exact) mass is 281 g/mol. The number of nitrogens with one attached hydrogen (secondary N) is 1. The number of aromatic amines is 1. The molecule has 1 N–H and O–H groups in total. The third-order valence-electron chi connectivity index (χ3n) is 2.81. The number of ether oxygens (including phenoxy) is 1. The molecule has 0 aliphatic carbocycles. The first-order valence-corrected chi connectivity index (χ1v) is 7.01. The van der Waals surface area contributed by atoms with Gasteiger partial charge in [-0.25, -0.2) is 9.78 Å². The van der Waals surface area contributed by atoms with E-state index in [1.165, 1.54) is 13.4 Å². The molecule has 7 nitrogen and oxygen atoms in total. The number of unbranched alkanes of at least 4 members (excludes halogenated alkanes) is 2. The Bertz CT molecular complexity index is 422. The van der Waals surface area contributed by atoms with Crippen LogP contribution >= 0.6 is 0 Å². The summed E-state index contributed by atoms with van der Waals surface area (Å²) in [4.78, 5) is 18.2. The van der Waals surface area contributed by atoms with Gasteiger partial charge >= 0.3 is 5.97 Å². The van der Waals surface area contributed by atoms with Crippen molar-refractivity contribution in [1.82, 2.24) is 15.0 Å². The van der Waals surface area contributed by atoms with Gasteiger partial charge in [0.05, 0.1) is 13.4 Å². The lowest BCUT2D eigenvalue weighted by molar-refractivity contribution is 0.0595. The van der Waals surface area contributed by atoms with Crippen molar-refractivity contribution >= 4 is 11.8 Å². The first-order valence-electron chi connectivity index (χ1n) is 7.01. The van der Waals surface area contributed by atoms with Gasteiger partial charge in [-0.2, -0.15) is 0 Å². The van der Waals surface area contributed by atoms with E-state index in [0.29, 0.717) is 0 Å². The van der Waals surface area contributed by atoms with Crippen molar-refractivity contribution in [2.45, 2.75) is 39.5 Å². The van der Waals surface area contributed by atoms with Crippen LogP contribution in [-0.2, 0) is 4.74 Å². The van der Waals surface area contributed by atoms with Crippen molar-refractivity contribution in [3.63, 3.8) is 0 Å². The highest BCUT2D eigenvalue weighted by molar-refractivity contribution is 5.91. The lowest BCUT2D eigenvalue weighted by Gasteiger charge is -2.16. The summed E-state index contributed by atoms with van der Waals surface area (Å²) in [7, 11) is 1.32. The second kappa shape index (κ2) is 9.06. The summed E-state index contributed by atoms with van der Waals surface area (Å²) in [6.07, 6.45) is 5.74. The van der Waals surface area contributed by atoms with Crippen LogP contribution in [0, 0.1) is 0 Å². The van der Waals surface area contributed by atoms with E-state index in [1.807, 2.05) is 5.01 Å². The highest BCUT2D eigenvalue weighted by Crippen LogP contribution is 2.15. The number of carbonyl (C=O) groups is 1. The fraction of sp³-hybridized carbons (Fsp3) is 0.692. The van der Waals surface area contributed by atoms with Crippen molar-refractivity contribution in [1.29, 1.82) is 0 Å². The summed E-state index contributed by atoms with van der Waals surface area (Å²) in [6, 6.07) is 0. The maximum atomic E-state index is 11.5. The average molecular weight is 281 g/mol. The zero-order valence-electron chi connectivity index (χ0n) is 12.4. The van der Waals surface area contributed by atoms with E-state index in [-0.39, 0.29) is 11.5 Å². The molecule has 0 amide bonds. The number of methoxy groups -OCH3 is 1. The van der Waals surface area contributed by atoms with Gasteiger partial charge in [0, 0.05) is 13.1 Å². The fourth-order valence-electron chi connectivity index (χ4n) is 1.60. The molecular weight excluding hydrogens is 258 g/mol. The molecule has 0 aromatic carbocycles. The summed E-state index contributed by atoms with van der Waals surface area (Å²) in [5, 5.41) is 10.2. The summed E-state index contributed by atoms with van der Waals surface area (Å²) >= 11 is 0. The third-order valence-corrected chi connectivity index (χ3v) is 2.81. The third kappa shape index (κ3) is 4.99. The summed E-state index contributed by atoms with van der Waals surface area (Å²) in [6.45, 7) is 5.99. The zero-order chi connectivity index (χ0) is 14.8. The van der Waals surface area contributed by atoms with Crippen LogP contribution in [0.15, 0.2) is 16.7 Å². The first-order chi connectivity index (χ1) is 9.72. The van der Waals surface area contributed by atoms with Crippen LogP contribution < -0.4 is 0 Å². The minimum Gasteiger partial charge on any atom is -0.464 e. The van der Waals surface area contributed by atoms with Gasteiger partial charge in [-0.1, -0.05) is 31.9 Å². The molecule has 20 heavy (non-hydrogen) atoms. The number of aromatic nitrogens is 2. The normalized spacial score (nSPS) is 10.9. The number of hydrogen-bond acceptors (Lipinski definition) is 5. The number of carbonyl (C=O) groups excluding carboxylic acids is 1. The minimum atomic E-state index is -0.495. The van der Waals surface area contributed by atoms with Crippen molar-refractivity contribution in [2.24, 2.45) is 10.3 Å². The number of H-pyrrole nitrogens is 1. The van der Waals surface area contributed by atoms with Gasteiger partial charge in [-0.05, 0) is 12.8 Å². The summed E-state index contributed by atoms with van der Waals surface area (Å²) in [5.74, 6) is -0.236.